The lowest BCUT2D eigenvalue weighted by Crippen LogP contribution is -2.28. The maximum atomic E-state index is 12.9. The molecule has 0 spiro atoms. The molecule has 0 fully saturated rings. The highest BCUT2D eigenvalue weighted by atomic mass is 32.2. The van der Waals surface area contributed by atoms with Gasteiger partial charge >= 0.3 is 0 Å². The smallest absolute Gasteiger partial charge is 0.264 e. The fraction of sp³-hybridized carbons (Fsp3) is 0.316. The van der Waals surface area contributed by atoms with E-state index in [0.717, 1.165) is 5.56 Å². The third-order valence-corrected chi connectivity index (χ3v) is 5.79. The molecule has 1 N–H and O–H groups in total. The average Bonchev–Trinajstić information content (AvgIpc) is 2.65. The van der Waals surface area contributed by atoms with Gasteiger partial charge in [-0.1, -0.05) is 24.3 Å². The summed E-state index contributed by atoms with van der Waals surface area (Å²) < 4.78 is 32.0. The van der Waals surface area contributed by atoms with Gasteiger partial charge in [-0.05, 0) is 43.2 Å². The van der Waals surface area contributed by atoms with E-state index in [2.05, 4.69) is 5.32 Å². The summed E-state index contributed by atoms with van der Waals surface area (Å²) in [5, 5.41) is 2.76. The lowest BCUT2D eigenvalue weighted by atomic mass is 10.2. The Morgan fingerprint density at radius 3 is 2.58 bits per heavy atom. The molecule has 0 aliphatic heterocycles. The third-order valence-electron chi connectivity index (χ3n) is 4.02. The van der Waals surface area contributed by atoms with Crippen molar-refractivity contribution in [1.29, 1.82) is 0 Å². The van der Waals surface area contributed by atoms with Gasteiger partial charge in [-0.15, -0.1) is 0 Å². The first-order valence-electron chi connectivity index (χ1n) is 8.29. The Hall–Kier alpha value is -2.38. The molecule has 2 rings (SSSR count). The number of carbonyl (C=O) groups is 1. The topological polar surface area (TPSA) is 75.7 Å². The number of amides is 1. The van der Waals surface area contributed by atoms with E-state index in [0.29, 0.717) is 30.8 Å². The Morgan fingerprint density at radius 2 is 1.88 bits per heavy atom. The maximum Gasteiger partial charge on any atom is 0.264 e. The fourth-order valence-electron chi connectivity index (χ4n) is 2.52. The van der Waals surface area contributed by atoms with Gasteiger partial charge in [0.05, 0.1) is 10.6 Å². The van der Waals surface area contributed by atoms with E-state index in [1.165, 1.54) is 23.5 Å². The number of hydrogen-bond acceptors (Lipinski definition) is 4. The molecule has 1 amide bonds. The van der Waals surface area contributed by atoms with Crippen molar-refractivity contribution in [3.8, 4) is 0 Å². The second-order valence-electron chi connectivity index (χ2n) is 5.89. The normalized spacial score (nSPS) is 11.2. The molecule has 0 aromatic heterocycles. The Balaban J connectivity index is 2.22. The van der Waals surface area contributed by atoms with Crippen LogP contribution in [0.3, 0.4) is 0 Å². The summed E-state index contributed by atoms with van der Waals surface area (Å²) in [4.78, 5) is 12.3. The van der Waals surface area contributed by atoms with Crippen LogP contribution in [0, 0.1) is 6.92 Å². The molecule has 2 aromatic rings. The fourth-order valence-corrected chi connectivity index (χ4v) is 3.83. The molecule has 7 heteroatoms. The minimum Gasteiger partial charge on any atom is -0.385 e. The first-order valence-corrected chi connectivity index (χ1v) is 9.73. The third kappa shape index (κ3) is 4.62. The number of methoxy groups -OCH3 is 1. The number of nitrogens with one attached hydrogen (secondary N) is 1. The summed E-state index contributed by atoms with van der Waals surface area (Å²) in [6, 6.07) is 13.3. The van der Waals surface area contributed by atoms with Crippen molar-refractivity contribution in [1.82, 2.24) is 5.32 Å². The van der Waals surface area contributed by atoms with Crippen molar-refractivity contribution in [2.24, 2.45) is 0 Å². The van der Waals surface area contributed by atoms with Gasteiger partial charge in [0.2, 0.25) is 0 Å². The molecule has 0 atom stereocenters. The molecule has 0 bridgehead atoms. The van der Waals surface area contributed by atoms with Crippen LogP contribution in [0.4, 0.5) is 5.69 Å². The van der Waals surface area contributed by atoms with E-state index in [4.69, 9.17) is 4.74 Å². The van der Waals surface area contributed by atoms with Gasteiger partial charge in [-0.25, -0.2) is 8.42 Å². The van der Waals surface area contributed by atoms with Crippen molar-refractivity contribution in [3.63, 3.8) is 0 Å². The molecule has 0 aliphatic carbocycles. The number of ether oxygens (including phenoxy) is 1. The average molecular weight is 376 g/mol. The van der Waals surface area contributed by atoms with Crippen LogP contribution in [0.5, 0.6) is 0 Å². The predicted molar refractivity (Wildman–Crippen MR) is 102 cm³/mol. The van der Waals surface area contributed by atoms with E-state index < -0.39 is 10.0 Å². The van der Waals surface area contributed by atoms with Gasteiger partial charge in [0, 0.05) is 32.9 Å². The quantitative estimate of drug-likeness (QED) is 0.719. The first kappa shape index (κ1) is 19.9. The van der Waals surface area contributed by atoms with E-state index >= 15 is 0 Å². The molecule has 0 radical (unpaired) electrons. The van der Waals surface area contributed by atoms with Crippen molar-refractivity contribution in [3.05, 3.63) is 59.7 Å². The van der Waals surface area contributed by atoms with E-state index in [1.54, 1.807) is 31.4 Å². The first-order chi connectivity index (χ1) is 12.4. The van der Waals surface area contributed by atoms with Gasteiger partial charge in [0.15, 0.2) is 0 Å². The molecule has 2 aromatic carbocycles. The maximum absolute atomic E-state index is 12.9. The number of anilines is 1. The van der Waals surface area contributed by atoms with Gasteiger partial charge in [-0.3, -0.25) is 9.10 Å². The Labute approximate surface area is 154 Å². The minimum absolute atomic E-state index is 0.0767. The lowest BCUT2D eigenvalue weighted by molar-refractivity contribution is 0.0948. The number of benzene rings is 2. The van der Waals surface area contributed by atoms with E-state index in [1.807, 2.05) is 19.1 Å². The van der Waals surface area contributed by atoms with Gasteiger partial charge in [0.25, 0.3) is 15.9 Å². The second kappa shape index (κ2) is 8.82. The Bertz CT molecular complexity index is 865. The zero-order valence-electron chi connectivity index (χ0n) is 15.2. The summed E-state index contributed by atoms with van der Waals surface area (Å²) in [6.45, 7) is 2.87. The number of hydrogen-bond donors (Lipinski definition) is 1. The Kier molecular flexibility index (Phi) is 6.76. The number of sulfonamides is 1. The number of nitrogens with zero attached hydrogens (tertiary/aromatic N) is 1. The predicted octanol–water partition coefficient (Wildman–Crippen LogP) is 2.59. The van der Waals surface area contributed by atoms with Gasteiger partial charge in [0.1, 0.15) is 0 Å². The SMILES string of the molecule is COCCCNC(=O)c1cccc(S(=O)(=O)N(C)c2ccccc2C)c1. The molecule has 140 valence electrons. The summed E-state index contributed by atoms with van der Waals surface area (Å²) in [5.74, 6) is -0.309. The van der Waals surface area contributed by atoms with Crippen molar-refractivity contribution in [2.45, 2.75) is 18.2 Å². The van der Waals surface area contributed by atoms with Crippen LogP contribution in [0.1, 0.15) is 22.3 Å². The lowest BCUT2D eigenvalue weighted by Gasteiger charge is -2.21. The molecule has 0 unspecified atom stereocenters. The molecular weight excluding hydrogens is 352 g/mol. The molecule has 0 saturated carbocycles. The largest absolute Gasteiger partial charge is 0.385 e. The van der Waals surface area contributed by atoms with Crippen LogP contribution < -0.4 is 9.62 Å². The highest BCUT2D eigenvalue weighted by Gasteiger charge is 2.23. The summed E-state index contributed by atoms with van der Waals surface area (Å²) in [7, 11) is -0.659. The molecule has 0 saturated heterocycles. The molecule has 6 nitrogen and oxygen atoms in total. The van der Waals surface area contributed by atoms with Crippen LogP contribution in [0.25, 0.3) is 0 Å². The molecule has 26 heavy (non-hydrogen) atoms. The van der Waals surface area contributed by atoms with E-state index in [-0.39, 0.29) is 10.8 Å². The standard InChI is InChI=1S/C19H24N2O4S/c1-15-8-4-5-11-18(15)21(2)26(23,24)17-10-6-9-16(14-17)19(22)20-12-7-13-25-3/h4-6,8-11,14H,7,12-13H2,1-3H3,(H,20,22). The monoisotopic (exact) mass is 376 g/mol. The Morgan fingerprint density at radius 1 is 1.15 bits per heavy atom. The van der Waals surface area contributed by atoms with E-state index in [9.17, 15) is 13.2 Å². The minimum atomic E-state index is -3.77. The highest BCUT2D eigenvalue weighted by Crippen LogP contribution is 2.25. The van der Waals surface area contributed by atoms with Crippen LogP contribution in [-0.4, -0.2) is 41.6 Å². The number of carbonyl (C=O) groups excluding carboxylic acids is 1. The van der Waals surface area contributed by atoms with Crippen molar-refractivity contribution >= 4 is 21.6 Å². The van der Waals surface area contributed by atoms with Crippen LogP contribution in [-0.2, 0) is 14.8 Å². The second-order valence-corrected chi connectivity index (χ2v) is 7.86. The summed E-state index contributed by atoms with van der Waals surface area (Å²) in [5.41, 5.74) is 1.76. The van der Waals surface area contributed by atoms with Crippen LogP contribution in [0.2, 0.25) is 0 Å². The van der Waals surface area contributed by atoms with Gasteiger partial charge in [-0.2, -0.15) is 0 Å². The van der Waals surface area contributed by atoms with Crippen molar-refractivity contribution < 1.29 is 17.9 Å². The van der Waals surface area contributed by atoms with Crippen molar-refractivity contribution in [2.75, 3.05) is 31.6 Å². The van der Waals surface area contributed by atoms with Crippen LogP contribution in [0.15, 0.2) is 53.4 Å². The zero-order chi connectivity index (χ0) is 19.2. The summed E-state index contributed by atoms with van der Waals surface area (Å²) >= 11 is 0. The van der Waals surface area contributed by atoms with Crippen LogP contribution >= 0.6 is 0 Å². The molecule has 0 aliphatic rings. The number of rotatable bonds is 8. The highest BCUT2D eigenvalue weighted by molar-refractivity contribution is 7.92. The number of para-hydroxylation sites is 1. The van der Waals surface area contributed by atoms with Gasteiger partial charge < -0.3 is 10.1 Å². The molecule has 0 heterocycles. The molecular formula is C19H24N2O4S. The summed E-state index contributed by atoms with van der Waals surface area (Å²) in [6.07, 6.45) is 0.691. The number of aryl methyl sites for hydroxylation is 1. The zero-order valence-corrected chi connectivity index (χ0v) is 16.0.